The van der Waals surface area contributed by atoms with Crippen molar-refractivity contribution in [3.63, 3.8) is 0 Å². The van der Waals surface area contributed by atoms with Crippen LogP contribution in [0.4, 0.5) is 0 Å². The molecule has 0 atom stereocenters. The predicted octanol–water partition coefficient (Wildman–Crippen LogP) is 3.18. The number of carbonyl (C=O) groups excluding carboxylic acids is 1. The number of rotatable bonds is 6. The Morgan fingerprint density at radius 1 is 1.03 bits per heavy atom. The van der Waals surface area contributed by atoms with Crippen molar-refractivity contribution in [1.29, 1.82) is 5.26 Å². The minimum Gasteiger partial charge on any atom is -0.440 e. The smallest absolute Gasteiger partial charge is 0.230 e. The van der Waals surface area contributed by atoms with Gasteiger partial charge in [-0.2, -0.15) is 5.26 Å². The fourth-order valence-electron chi connectivity index (χ4n) is 3.26. The first kappa shape index (κ1) is 18.1. The predicted molar refractivity (Wildman–Crippen MR) is 106 cm³/mol. The van der Waals surface area contributed by atoms with E-state index in [-0.39, 0.29) is 24.6 Å². The highest BCUT2D eigenvalue weighted by Gasteiger charge is 2.44. The Hall–Kier alpha value is -3.99. The number of hydrogen-bond donors (Lipinski definition) is 1. The van der Waals surface area contributed by atoms with Gasteiger partial charge in [0.15, 0.2) is 5.58 Å². The fraction of sp³-hybridized carbons (Fsp3) is 0.227. The van der Waals surface area contributed by atoms with Gasteiger partial charge < -0.3 is 14.2 Å². The molecule has 0 radical (unpaired) electrons. The number of fused-ring (bicyclic) bond motifs is 1. The number of nitrogens with zero attached hydrogens (tertiary/aromatic N) is 4. The lowest BCUT2D eigenvalue weighted by Crippen LogP contribution is -2.36. The van der Waals surface area contributed by atoms with Crippen LogP contribution in [0.1, 0.15) is 30.5 Å². The maximum Gasteiger partial charge on any atom is 0.230 e. The Morgan fingerprint density at radius 2 is 1.83 bits per heavy atom. The summed E-state index contributed by atoms with van der Waals surface area (Å²) in [7, 11) is 0. The molecule has 30 heavy (non-hydrogen) atoms. The van der Waals surface area contributed by atoms with Gasteiger partial charge in [-0.3, -0.25) is 4.79 Å². The summed E-state index contributed by atoms with van der Waals surface area (Å²) in [6, 6.07) is 18.0. The average molecular weight is 399 g/mol. The number of oxazole rings is 1. The van der Waals surface area contributed by atoms with Crippen molar-refractivity contribution in [2.24, 2.45) is 0 Å². The number of aromatic nitrogens is 3. The van der Waals surface area contributed by atoms with Crippen molar-refractivity contribution >= 4 is 17.0 Å². The Morgan fingerprint density at radius 3 is 2.60 bits per heavy atom. The van der Waals surface area contributed by atoms with E-state index in [1.165, 1.54) is 0 Å². The van der Waals surface area contributed by atoms with Crippen LogP contribution in [0.3, 0.4) is 0 Å². The summed E-state index contributed by atoms with van der Waals surface area (Å²) in [5.41, 5.74) is 2.85. The maximum absolute atomic E-state index is 12.0. The first-order valence-electron chi connectivity index (χ1n) is 9.61. The van der Waals surface area contributed by atoms with Gasteiger partial charge in [-0.1, -0.05) is 36.4 Å². The molecular formula is C22H17N5O3. The monoisotopic (exact) mass is 399 g/mol. The van der Waals surface area contributed by atoms with Crippen LogP contribution in [0.2, 0.25) is 0 Å². The van der Waals surface area contributed by atoms with Crippen molar-refractivity contribution in [1.82, 2.24) is 20.5 Å². The van der Waals surface area contributed by atoms with E-state index >= 15 is 0 Å². The molecule has 4 aromatic rings. The third-order valence-electron chi connectivity index (χ3n) is 5.01. The Labute approximate surface area is 171 Å². The maximum atomic E-state index is 12.0. The van der Waals surface area contributed by atoms with Crippen molar-refractivity contribution in [2.45, 2.75) is 31.2 Å². The molecular weight excluding hydrogens is 382 g/mol. The van der Waals surface area contributed by atoms with Crippen LogP contribution in [0.5, 0.6) is 0 Å². The summed E-state index contributed by atoms with van der Waals surface area (Å²) in [6.45, 7) is 0. The number of benzene rings is 2. The third-order valence-corrected chi connectivity index (χ3v) is 5.01. The molecule has 0 unspecified atom stereocenters. The molecule has 8 nitrogen and oxygen atoms in total. The van der Waals surface area contributed by atoms with Gasteiger partial charge in [-0.15, -0.1) is 10.2 Å². The first-order chi connectivity index (χ1) is 14.6. The topological polar surface area (TPSA) is 118 Å². The van der Waals surface area contributed by atoms with Gasteiger partial charge in [0, 0.05) is 0 Å². The van der Waals surface area contributed by atoms with Crippen LogP contribution in [0, 0.1) is 11.3 Å². The highest BCUT2D eigenvalue weighted by molar-refractivity contribution is 5.80. The van der Waals surface area contributed by atoms with Gasteiger partial charge >= 0.3 is 0 Å². The van der Waals surface area contributed by atoms with Gasteiger partial charge in [-0.25, -0.2) is 4.98 Å². The molecule has 1 fully saturated rings. The largest absolute Gasteiger partial charge is 0.440 e. The quantitative estimate of drug-likeness (QED) is 0.529. The summed E-state index contributed by atoms with van der Waals surface area (Å²) in [5, 5.41) is 19.6. The number of amides is 1. The van der Waals surface area contributed by atoms with Crippen LogP contribution in [0.15, 0.2) is 57.4 Å². The van der Waals surface area contributed by atoms with Gasteiger partial charge in [0.2, 0.25) is 23.6 Å². The number of carbonyl (C=O) groups is 1. The van der Waals surface area contributed by atoms with E-state index in [1.54, 1.807) is 0 Å². The molecule has 0 bridgehead atoms. The zero-order chi connectivity index (χ0) is 20.6. The molecule has 0 aliphatic heterocycles. The van der Waals surface area contributed by atoms with E-state index in [9.17, 15) is 4.79 Å². The highest BCUT2D eigenvalue weighted by Crippen LogP contribution is 2.34. The summed E-state index contributed by atoms with van der Waals surface area (Å²) >= 11 is 0. The summed E-state index contributed by atoms with van der Waals surface area (Å²) in [4.78, 5) is 16.5. The molecule has 2 heterocycles. The lowest BCUT2D eigenvalue weighted by Gasteiger charge is -2.06. The molecule has 1 amide bonds. The van der Waals surface area contributed by atoms with E-state index < -0.39 is 5.54 Å². The number of nitriles is 1. The molecule has 1 saturated carbocycles. The van der Waals surface area contributed by atoms with Crippen LogP contribution >= 0.6 is 0 Å². The second kappa shape index (κ2) is 7.12. The molecule has 2 aromatic carbocycles. The second-order valence-corrected chi connectivity index (χ2v) is 7.34. The molecule has 148 valence electrons. The van der Waals surface area contributed by atoms with Gasteiger partial charge in [-0.05, 0) is 36.1 Å². The van der Waals surface area contributed by atoms with E-state index in [4.69, 9.17) is 14.1 Å². The van der Waals surface area contributed by atoms with Crippen LogP contribution in [-0.4, -0.2) is 26.6 Å². The Kier molecular flexibility index (Phi) is 4.29. The van der Waals surface area contributed by atoms with Crippen LogP contribution in [-0.2, 0) is 17.6 Å². The third kappa shape index (κ3) is 3.65. The van der Waals surface area contributed by atoms with Gasteiger partial charge in [0.25, 0.3) is 0 Å². The summed E-state index contributed by atoms with van der Waals surface area (Å²) in [5.74, 6) is 0.656. The van der Waals surface area contributed by atoms with Crippen molar-refractivity contribution in [2.75, 3.05) is 0 Å². The molecule has 2 aromatic heterocycles. The molecule has 0 saturated heterocycles. The van der Waals surface area contributed by atoms with E-state index in [2.05, 4.69) is 26.6 Å². The zero-order valence-electron chi connectivity index (χ0n) is 16.0. The number of nitrogens with one attached hydrogen (secondary N) is 1. The Balaban J connectivity index is 1.28. The van der Waals surface area contributed by atoms with Gasteiger partial charge in [0.1, 0.15) is 23.9 Å². The van der Waals surface area contributed by atoms with Crippen LogP contribution < -0.4 is 5.32 Å². The zero-order valence-corrected chi connectivity index (χ0v) is 16.0. The van der Waals surface area contributed by atoms with E-state index in [0.717, 1.165) is 16.6 Å². The lowest BCUT2D eigenvalue weighted by molar-refractivity contribution is -0.121. The van der Waals surface area contributed by atoms with Crippen molar-refractivity contribution in [3.8, 4) is 17.2 Å². The average Bonchev–Trinajstić information content (AvgIpc) is 3.20. The molecule has 0 spiro atoms. The number of hydrogen-bond acceptors (Lipinski definition) is 7. The van der Waals surface area contributed by atoms with E-state index in [0.29, 0.717) is 30.2 Å². The Bertz CT molecular complexity index is 1260. The lowest BCUT2D eigenvalue weighted by atomic mass is 10.1. The normalized spacial score (nSPS) is 14.4. The molecule has 5 rings (SSSR count). The SMILES string of the molecule is N#CC1(NC(=O)Cc2nnc(Cc3nc4ccc(-c5ccccc5)cc4o3)o2)CC1. The van der Waals surface area contributed by atoms with Gasteiger partial charge in [0.05, 0.1) is 6.07 Å². The molecule has 1 aliphatic carbocycles. The second-order valence-electron chi connectivity index (χ2n) is 7.34. The van der Waals surface area contributed by atoms with Crippen LogP contribution in [0.25, 0.3) is 22.2 Å². The molecule has 8 heteroatoms. The highest BCUT2D eigenvalue weighted by atomic mass is 16.4. The molecule has 1 aliphatic rings. The van der Waals surface area contributed by atoms with Crippen molar-refractivity contribution < 1.29 is 13.6 Å². The first-order valence-corrected chi connectivity index (χ1v) is 9.61. The summed E-state index contributed by atoms with van der Waals surface area (Å²) < 4.78 is 11.4. The fourth-order valence-corrected chi connectivity index (χ4v) is 3.26. The minimum atomic E-state index is -0.712. The minimum absolute atomic E-state index is 0.0651. The van der Waals surface area contributed by atoms with E-state index in [1.807, 2.05) is 48.5 Å². The van der Waals surface area contributed by atoms with Crippen molar-refractivity contribution in [3.05, 3.63) is 66.2 Å². The summed E-state index contributed by atoms with van der Waals surface area (Å²) in [6.07, 6.45) is 1.51. The molecule has 1 N–H and O–H groups in total. The standard InChI is InChI=1S/C22H17N5O3/c23-13-22(8-9-22)25-18(28)11-20-26-27-21(30-20)12-19-24-16-7-6-15(10-17(16)29-19)14-4-2-1-3-5-14/h1-7,10H,8-9,11-12H2,(H,25,28).